The molecule has 2 aromatic rings. The van der Waals surface area contributed by atoms with Gasteiger partial charge in [0.25, 0.3) is 0 Å². The molecule has 3 nitrogen and oxygen atoms in total. The molecule has 4 fully saturated rings. The summed E-state index contributed by atoms with van der Waals surface area (Å²) < 4.78 is 19.3. The molecule has 4 heteroatoms. The van der Waals surface area contributed by atoms with E-state index in [0.29, 0.717) is 11.5 Å². The van der Waals surface area contributed by atoms with Crippen LogP contribution in [0, 0.1) is 23.1 Å². The van der Waals surface area contributed by atoms with Crippen molar-refractivity contribution in [2.75, 3.05) is 13.2 Å². The SMILES string of the molecule is Fc1ccc2nccc(OCC34C5CNC3C54)c2c1. The van der Waals surface area contributed by atoms with Gasteiger partial charge in [-0.25, -0.2) is 4.39 Å². The van der Waals surface area contributed by atoms with Crippen LogP contribution in [0.4, 0.5) is 4.39 Å². The van der Waals surface area contributed by atoms with Crippen molar-refractivity contribution >= 4 is 10.9 Å². The van der Waals surface area contributed by atoms with Crippen LogP contribution >= 0.6 is 0 Å². The Bertz CT molecular complexity index is 680. The maximum atomic E-state index is 13.4. The van der Waals surface area contributed by atoms with Crippen molar-refractivity contribution in [1.29, 1.82) is 0 Å². The molecular formula is C15H13FN2O. The highest BCUT2D eigenvalue weighted by molar-refractivity contribution is 5.84. The zero-order chi connectivity index (χ0) is 12.6. The first-order chi connectivity index (χ1) is 9.30. The lowest BCUT2D eigenvalue weighted by atomic mass is 10.1. The van der Waals surface area contributed by atoms with E-state index in [-0.39, 0.29) is 5.82 Å². The van der Waals surface area contributed by atoms with E-state index in [0.717, 1.165) is 41.6 Å². The largest absolute Gasteiger partial charge is 0.492 e. The van der Waals surface area contributed by atoms with Gasteiger partial charge in [0.05, 0.1) is 12.1 Å². The highest BCUT2D eigenvalue weighted by Crippen LogP contribution is 2.82. The zero-order valence-corrected chi connectivity index (χ0v) is 10.3. The third kappa shape index (κ3) is 1.13. The minimum absolute atomic E-state index is 0.249. The van der Waals surface area contributed by atoms with E-state index < -0.39 is 0 Å². The lowest BCUT2D eigenvalue weighted by Crippen LogP contribution is -2.17. The Balaban J connectivity index is 1.47. The van der Waals surface area contributed by atoms with Gasteiger partial charge in [-0.3, -0.25) is 4.98 Å². The number of nitrogens with zero attached hydrogens (tertiary/aromatic N) is 1. The quantitative estimate of drug-likeness (QED) is 0.911. The number of aromatic nitrogens is 1. The highest BCUT2D eigenvalue weighted by atomic mass is 19.1. The van der Waals surface area contributed by atoms with E-state index >= 15 is 0 Å². The van der Waals surface area contributed by atoms with Gasteiger partial charge in [0.15, 0.2) is 0 Å². The number of halogens is 1. The van der Waals surface area contributed by atoms with Gasteiger partial charge in [-0.1, -0.05) is 0 Å². The molecule has 6 rings (SSSR count). The standard InChI is InChI=1S/C15H13FN2O/c16-8-1-2-11-9(5-8)12(3-4-17-11)19-7-15-10-6-18-14(15)13(10)15/h1-5,10,13-14,18H,6-7H2. The second kappa shape index (κ2) is 3.07. The van der Waals surface area contributed by atoms with Crippen molar-refractivity contribution in [3.05, 3.63) is 36.3 Å². The van der Waals surface area contributed by atoms with E-state index in [1.54, 1.807) is 12.3 Å². The van der Waals surface area contributed by atoms with Crippen molar-refractivity contribution < 1.29 is 9.13 Å². The lowest BCUT2D eigenvalue weighted by Gasteiger charge is -2.12. The molecule has 0 spiro atoms. The van der Waals surface area contributed by atoms with E-state index in [4.69, 9.17) is 4.74 Å². The molecule has 1 N–H and O–H groups in total. The summed E-state index contributed by atoms with van der Waals surface area (Å²) in [5.41, 5.74) is 1.18. The maximum absolute atomic E-state index is 13.4. The van der Waals surface area contributed by atoms with E-state index in [9.17, 15) is 4.39 Å². The number of fused-ring (bicyclic) bond motifs is 2. The summed E-state index contributed by atoms with van der Waals surface area (Å²) in [7, 11) is 0. The first-order valence-electron chi connectivity index (χ1n) is 6.71. The molecule has 2 bridgehead atoms. The molecule has 2 saturated carbocycles. The highest BCUT2D eigenvalue weighted by Gasteiger charge is 2.90. The first-order valence-corrected chi connectivity index (χ1v) is 6.71. The number of rotatable bonds is 3. The smallest absolute Gasteiger partial charge is 0.130 e. The van der Waals surface area contributed by atoms with Crippen LogP contribution in [0.2, 0.25) is 0 Å². The molecule has 2 aliphatic heterocycles. The molecule has 0 amide bonds. The molecule has 4 unspecified atom stereocenters. The van der Waals surface area contributed by atoms with Crippen LogP contribution in [0.25, 0.3) is 10.9 Å². The van der Waals surface area contributed by atoms with Crippen molar-refractivity contribution in [3.63, 3.8) is 0 Å². The van der Waals surface area contributed by atoms with Gasteiger partial charge in [-0.15, -0.1) is 0 Å². The summed E-state index contributed by atoms with van der Waals surface area (Å²) >= 11 is 0. The van der Waals surface area contributed by atoms with Crippen molar-refractivity contribution in [1.82, 2.24) is 10.3 Å². The fourth-order valence-corrected chi connectivity index (χ4v) is 4.01. The molecule has 4 aliphatic rings. The molecule has 0 radical (unpaired) electrons. The normalized spacial score (nSPS) is 37.2. The monoisotopic (exact) mass is 256 g/mol. The molecule has 2 saturated heterocycles. The number of piperidine rings is 1. The lowest BCUT2D eigenvalue weighted by molar-refractivity contribution is 0.259. The third-order valence-corrected chi connectivity index (χ3v) is 5.16. The van der Waals surface area contributed by atoms with Crippen LogP contribution in [0.3, 0.4) is 0 Å². The second-order valence-electron chi connectivity index (χ2n) is 5.89. The minimum Gasteiger partial charge on any atom is -0.492 e. The average Bonchev–Trinajstić information content (AvgIpc) is 3.07. The Morgan fingerprint density at radius 3 is 3.16 bits per heavy atom. The topological polar surface area (TPSA) is 34.1 Å². The Labute approximate surface area is 109 Å². The van der Waals surface area contributed by atoms with Gasteiger partial charge >= 0.3 is 0 Å². The van der Waals surface area contributed by atoms with Gasteiger partial charge in [-0.05, 0) is 42.6 Å². The predicted molar refractivity (Wildman–Crippen MR) is 68.4 cm³/mol. The molecule has 3 heterocycles. The number of hydrogen-bond donors (Lipinski definition) is 1. The average molecular weight is 256 g/mol. The van der Waals surface area contributed by atoms with Crippen LogP contribution in [0.5, 0.6) is 5.75 Å². The molecule has 1 aromatic carbocycles. The fraction of sp³-hybridized carbons (Fsp3) is 0.400. The second-order valence-corrected chi connectivity index (χ2v) is 5.89. The third-order valence-electron chi connectivity index (χ3n) is 5.16. The minimum atomic E-state index is -0.249. The van der Waals surface area contributed by atoms with Crippen molar-refractivity contribution in [3.8, 4) is 5.75 Å². The summed E-state index contributed by atoms with van der Waals surface area (Å²) in [5, 5.41) is 4.26. The van der Waals surface area contributed by atoms with Gasteiger partial charge in [0, 0.05) is 23.0 Å². The van der Waals surface area contributed by atoms with Crippen LogP contribution in [0.1, 0.15) is 0 Å². The molecule has 1 aromatic heterocycles. The molecule has 4 atom stereocenters. The Kier molecular flexibility index (Phi) is 1.64. The Morgan fingerprint density at radius 1 is 1.42 bits per heavy atom. The van der Waals surface area contributed by atoms with E-state index in [2.05, 4.69) is 10.3 Å². The number of benzene rings is 1. The number of ether oxygens (including phenoxy) is 1. The summed E-state index contributed by atoms with van der Waals surface area (Å²) in [5.74, 6) is 2.16. The van der Waals surface area contributed by atoms with Crippen molar-refractivity contribution in [2.24, 2.45) is 17.3 Å². The Morgan fingerprint density at radius 2 is 2.37 bits per heavy atom. The van der Waals surface area contributed by atoms with E-state index in [1.165, 1.54) is 12.1 Å². The van der Waals surface area contributed by atoms with Gasteiger partial charge in [-0.2, -0.15) is 0 Å². The Hall–Kier alpha value is -1.68. The summed E-state index contributed by atoms with van der Waals surface area (Å²) in [4.78, 5) is 4.24. The van der Waals surface area contributed by atoms with Crippen LogP contribution in [0.15, 0.2) is 30.5 Å². The number of pyridine rings is 1. The van der Waals surface area contributed by atoms with Crippen LogP contribution in [-0.2, 0) is 0 Å². The van der Waals surface area contributed by atoms with Crippen molar-refractivity contribution in [2.45, 2.75) is 6.04 Å². The molecule has 19 heavy (non-hydrogen) atoms. The molecule has 2 aliphatic carbocycles. The molecule has 96 valence electrons. The van der Waals surface area contributed by atoms with Crippen LogP contribution in [-0.4, -0.2) is 24.2 Å². The van der Waals surface area contributed by atoms with Gasteiger partial charge in [0.2, 0.25) is 0 Å². The number of hydrogen-bond acceptors (Lipinski definition) is 3. The first kappa shape index (κ1) is 10.1. The summed E-state index contributed by atoms with van der Waals surface area (Å²) in [6.07, 6.45) is 1.72. The van der Waals surface area contributed by atoms with Gasteiger partial charge < -0.3 is 10.1 Å². The molecular weight excluding hydrogens is 243 g/mol. The summed E-state index contributed by atoms with van der Waals surface area (Å²) in [6, 6.07) is 7.13. The zero-order valence-electron chi connectivity index (χ0n) is 10.3. The van der Waals surface area contributed by atoms with Crippen LogP contribution < -0.4 is 10.1 Å². The van der Waals surface area contributed by atoms with E-state index in [1.807, 2.05) is 6.07 Å². The maximum Gasteiger partial charge on any atom is 0.130 e. The fourth-order valence-electron chi connectivity index (χ4n) is 4.01. The number of nitrogens with one attached hydrogen (secondary N) is 1. The van der Waals surface area contributed by atoms with Gasteiger partial charge in [0.1, 0.15) is 11.6 Å². The summed E-state index contributed by atoms with van der Waals surface area (Å²) in [6.45, 7) is 1.89. The predicted octanol–water partition coefficient (Wildman–Crippen LogP) is 1.97.